The van der Waals surface area contributed by atoms with E-state index in [-0.39, 0.29) is 6.03 Å². The molecule has 4 aromatic rings. The number of anilines is 1. The van der Waals surface area contributed by atoms with Crippen LogP contribution in [-0.4, -0.2) is 32.3 Å². The summed E-state index contributed by atoms with van der Waals surface area (Å²) in [4.78, 5) is 18.8. The fourth-order valence-electron chi connectivity index (χ4n) is 3.28. The van der Waals surface area contributed by atoms with Crippen molar-refractivity contribution in [3.63, 3.8) is 0 Å². The predicted molar refractivity (Wildman–Crippen MR) is 111 cm³/mol. The first-order valence-electron chi connectivity index (χ1n) is 9.45. The molecule has 0 aliphatic heterocycles. The molecule has 4 rings (SSSR count). The Bertz CT molecular complexity index is 1160. The molecule has 0 aliphatic rings. The summed E-state index contributed by atoms with van der Waals surface area (Å²) in [6.07, 6.45) is 4.81. The van der Waals surface area contributed by atoms with Crippen molar-refractivity contribution >= 4 is 22.8 Å². The number of aromatic nitrogens is 4. The lowest BCUT2D eigenvalue weighted by atomic mass is 10.00. The van der Waals surface area contributed by atoms with Crippen molar-refractivity contribution in [1.82, 2.24) is 25.1 Å². The monoisotopic (exact) mass is 392 g/mol. The minimum atomic E-state index is -0.400. The average Bonchev–Trinajstić information content (AvgIpc) is 3.35. The summed E-state index contributed by atoms with van der Waals surface area (Å²) in [6, 6.07) is 8.88. The molecule has 0 spiro atoms. The number of pyridine rings is 1. The first-order chi connectivity index (χ1) is 14.1. The molecule has 1 aromatic carbocycles. The maximum Gasteiger partial charge on any atom is 0.319 e. The van der Waals surface area contributed by atoms with Crippen LogP contribution >= 0.6 is 0 Å². The Balaban J connectivity index is 1.77. The highest BCUT2D eigenvalue weighted by Gasteiger charge is 2.19. The fourth-order valence-corrected chi connectivity index (χ4v) is 3.28. The van der Waals surface area contributed by atoms with E-state index in [1.165, 1.54) is 6.20 Å². The van der Waals surface area contributed by atoms with Crippen LogP contribution < -0.4 is 10.6 Å². The number of amides is 2. The molecule has 2 amide bonds. The molecule has 0 atom stereocenters. The summed E-state index contributed by atoms with van der Waals surface area (Å²) in [7, 11) is 0. The van der Waals surface area contributed by atoms with E-state index < -0.39 is 5.82 Å². The molecule has 0 radical (unpaired) electrons. The third-order valence-electron chi connectivity index (χ3n) is 4.65. The van der Waals surface area contributed by atoms with Gasteiger partial charge in [0.05, 0.1) is 6.20 Å². The molecule has 0 unspecified atom stereocenters. The SMILES string of the molecule is CCNC(=O)Nc1ccc(-c2nn(CC)cc2-c2c(F)cnc3[nH]ccc23)cc1. The normalized spacial score (nSPS) is 11.0. The van der Waals surface area contributed by atoms with Gasteiger partial charge in [0.1, 0.15) is 17.2 Å². The zero-order valence-corrected chi connectivity index (χ0v) is 16.2. The fraction of sp³-hybridized carbons (Fsp3) is 0.190. The average molecular weight is 392 g/mol. The van der Waals surface area contributed by atoms with Gasteiger partial charge in [-0.25, -0.2) is 14.2 Å². The number of hydrogen-bond acceptors (Lipinski definition) is 3. The third kappa shape index (κ3) is 3.56. The van der Waals surface area contributed by atoms with Gasteiger partial charge in [0.15, 0.2) is 0 Å². The van der Waals surface area contributed by atoms with Crippen LogP contribution in [0.2, 0.25) is 0 Å². The van der Waals surface area contributed by atoms with Gasteiger partial charge in [-0.3, -0.25) is 4.68 Å². The second-order valence-corrected chi connectivity index (χ2v) is 6.53. The summed E-state index contributed by atoms with van der Waals surface area (Å²) in [6.45, 7) is 5.04. The maximum atomic E-state index is 14.8. The van der Waals surface area contributed by atoms with E-state index in [0.717, 1.165) is 5.56 Å². The zero-order valence-electron chi connectivity index (χ0n) is 16.2. The van der Waals surface area contributed by atoms with Crippen LogP contribution in [0.4, 0.5) is 14.9 Å². The maximum absolute atomic E-state index is 14.8. The lowest BCUT2D eigenvalue weighted by Crippen LogP contribution is -2.28. The van der Waals surface area contributed by atoms with Crippen LogP contribution in [-0.2, 0) is 6.54 Å². The van der Waals surface area contributed by atoms with Crippen LogP contribution in [0.5, 0.6) is 0 Å². The van der Waals surface area contributed by atoms with Gasteiger partial charge in [-0.1, -0.05) is 12.1 Å². The minimum Gasteiger partial charge on any atom is -0.346 e. The number of nitrogens with zero attached hydrogens (tertiary/aromatic N) is 3. The van der Waals surface area contributed by atoms with Gasteiger partial charge in [-0.15, -0.1) is 0 Å². The molecule has 8 heteroatoms. The molecule has 0 saturated heterocycles. The highest BCUT2D eigenvalue weighted by atomic mass is 19.1. The Kier molecular flexibility index (Phi) is 4.99. The molecule has 7 nitrogen and oxygen atoms in total. The summed E-state index contributed by atoms with van der Waals surface area (Å²) in [5, 5.41) is 10.8. The molecule has 0 bridgehead atoms. The number of fused-ring (bicyclic) bond motifs is 1. The van der Waals surface area contributed by atoms with E-state index in [9.17, 15) is 9.18 Å². The molecule has 3 N–H and O–H groups in total. The molecule has 0 fully saturated rings. The summed E-state index contributed by atoms with van der Waals surface area (Å²) in [5.41, 5.74) is 3.95. The minimum absolute atomic E-state index is 0.259. The number of hydrogen-bond donors (Lipinski definition) is 3. The number of aromatic amines is 1. The molecule has 0 aliphatic carbocycles. The largest absolute Gasteiger partial charge is 0.346 e. The number of benzene rings is 1. The second-order valence-electron chi connectivity index (χ2n) is 6.53. The van der Waals surface area contributed by atoms with E-state index in [2.05, 4.69) is 25.7 Å². The lowest BCUT2D eigenvalue weighted by molar-refractivity contribution is 0.252. The van der Waals surface area contributed by atoms with Gasteiger partial charge >= 0.3 is 6.03 Å². The van der Waals surface area contributed by atoms with E-state index in [0.29, 0.717) is 46.6 Å². The van der Waals surface area contributed by atoms with E-state index in [1.807, 2.05) is 38.2 Å². The molecule has 0 saturated carbocycles. The summed E-state index contributed by atoms with van der Waals surface area (Å²) >= 11 is 0. The summed E-state index contributed by atoms with van der Waals surface area (Å²) in [5.74, 6) is -0.400. The second kappa shape index (κ2) is 7.75. The number of halogens is 1. The van der Waals surface area contributed by atoms with Gasteiger partial charge in [-0.2, -0.15) is 5.10 Å². The first-order valence-corrected chi connectivity index (χ1v) is 9.45. The van der Waals surface area contributed by atoms with Gasteiger partial charge in [0, 0.05) is 53.2 Å². The van der Waals surface area contributed by atoms with Crippen LogP contribution in [0.1, 0.15) is 13.8 Å². The molecule has 3 aromatic heterocycles. The van der Waals surface area contributed by atoms with E-state index >= 15 is 0 Å². The predicted octanol–water partition coefficient (Wildman–Crippen LogP) is 4.39. The van der Waals surface area contributed by atoms with Crippen LogP contribution in [0, 0.1) is 5.82 Å². The Hall–Kier alpha value is -3.68. The van der Waals surface area contributed by atoms with Gasteiger partial charge in [-0.05, 0) is 32.0 Å². The number of H-pyrrole nitrogens is 1. The number of urea groups is 1. The van der Waals surface area contributed by atoms with Crippen molar-refractivity contribution in [2.24, 2.45) is 0 Å². The third-order valence-corrected chi connectivity index (χ3v) is 4.65. The zero-order chi connectivity index (χ0) is 20.4. The van der Waals surface area contributed by atoms with Gasteiger partial charge < -0.3 is 15.6 Å². The molecular weight excluding hydrogens is 371 g/mol. The molecule has 148 valence electrons. The van der Waals surface area contributed by atoms with Crippen LogP contribution in [0.3, 0.4) is 0 Å². The smallest absolute Gasteiger partial charge is 0.319 e. The topological polar surface area (TPSA) is 87.6 Å². The Morgan fingerprint density at radius 1 is 1.21 bits per heavy atom. The summed E-state index contributed by atoms with van der Waals surface area (Å²) < 4.78 is 16.6. The highest BCUT2D eigenvalue weighted by molar-refractivity contribution is 5.97. The molecule has 29 heavy (non-hydrogen) atoms. The van der Waals surface area contributed by atoms with Crippen molar-refractivity contribution in [2.45, 2.75) is 20.4 Å². The van der Waals surface area contributed by atoms with Crippen molar-refractivity contribution in [3.05, 3.63) is 54.7 Å². The standard InChI is InChI=1S/C21H21FN6O/c1-3-23-21(29)26-14-7-5-13(6-8-14)19-16(12-28(4-2)27-19)18-15-9-10-24-20(15)25-11-17(18)22/h5-12H,3-4H2,1-2H3,(H,24,25)(H2,23,26,29). The Morgan fingerprint density at radius 3 is 2.72 bits per heavy atom. The Labute approximate surface area is 167 Å². The highest BCUT2D eigenvalue weighted by Crippen LogP contribution is 2.36. The van der Waals surface area contributed by atoms with Crippen LogP contribution in [0.25, 0.3) is 33.4 Å². The first kappa shape index (κ1) is 18.7. The number of rotatable bonds is 5. The van der Waals surface area contributed by atoms with E-state index in [1.54, 1.807) is 23.0 Å². The van der Waals surface area contributed by atoms with Crippen molar-refractivity contribution in [1.29, 1.82) is 0 Å². The van der Waals surface area contributed by atoms with Gasteiger partial charge in [0.2, 0.25) is 0 Å². The van der Waals surface area contributed by atoms with Crippen molar-refractivity contribution < 1.29 is 9.18 Å². The Morgan fingerprint density at radius 2 is 2.00 bits per heavy atom. The van der Waals surface area contributed by atoms with Crippen molar-refractivity contribution in [2.75, 3.05) is 11.9 Å². The molecule has 3 heterocycles. The van der Waals surface area contributed by atoms with Crippen LogP contribution in [0.15, 0.2) is 48.9 Å². The quantitative estimate of drug-likeness (QED) is 0.471. The van der Waals surface area contributed by atoms with Gasteiger partial charge in [0.25, 0.3) is 0 Å². The van der Waals surface area contributed by atoms with E-state index in [4.69, 9.17) is 0 Å². The molecular formula is C21H21FN6O. The van der Waals surface area contributed by atoms with Crippen molar-refractivity contribution in [3.8, 4) is 22.4 Å². The number of carbonyl (C=O) groups is 1. The number of nitrogens with one attached hydrogen (secondary N) is 3. The number of aryl methyl sites for hydroxylation is 1. The number of carbonyl (C=O) groups excluding carboxylic acids is 1. The lowest BCUT2D eigenvalue weighted by Gasteiger charge is -2.08.